The number of carboxylic acid groups (broad SMARTS) is 1. The van der Waals surface area contributed by atoms with Gasteiger partial charge >= 0.3 is 5.97 Å². The molecule has 0 fully saturated rings. The Morgan fingerprint density at radius 1 is 1.00 bits per heavy atom. The molecule has 1 aromatic heterocycles. The third-order valence-electron chi connectivity index (χ3n) is 2.92. The number of ether oxygens (including phenoxy) is 1. The number of hydrogen-bond acceptors (Lipinski definition) is 3. The maximum absolute atomic E-state index is 10.8. The lowest BCUT2D eigenvalue weighted by atomic mass is 10.3. The van der Waals surface area contributed by atoms with Crippen LogP contribution in [0.25, 0.3) is 5.69 Å². The van der Waals surface area contributed by atoms with Crippen molar-refractivity contribution >= 4 is 5.97 Å². The summed E-state index contributed by atoms with van der Waals surface area (Å²) in [5, 5.41) is 8.86. The van der Waals surface area contributed by atoms with Gasteiger partial charge < -0.3 is 14.4 Å². The van der Waals surface area contributed by atoms with Gasteiger partial charge in [0.1, 0.15) is 17.8 Å². The van der Waals surface area contributed by atoms with Crippen LogP contribution in [-0.2, 0) is 0 Å². The van der Waals surface area contributed by atoms with Crippen molar-refractivity contribution in [1.29, 1.82) is 0 Å². The maximum Gasteiger partial charge on any atom is 0.356 e. The molecule has 0 amide bonds. The molecule has 0 saturated heterocycles. The molecule has 5 nitrogen and oxygen atoms in total. The zero-order valence-corrected chi connectivity index (χ0v) is 11.0. The van der Waals surface area contributed by atoms with E-state index in [1.807, 2.05) is 54.6 Å². The van der Waals surface area contributed by atoms with E-state index in [-0.39, 0.29) is 5.69 Å². The summed E-state index contributed by atoms with van der Waals surface area (Å²) in [6.45, 7) is 0. The number of rotatable bonds is 4. The minimum absolute atomic E-state index is 0.0135. The normalized spacial score (nSPS) is 10.3. The lowest BCUT2D eigenvalue weighted by Crippen LogP contribution is -1.95. The number of imidazole rings is 1. The first kappa shape index (κ1) is 12.9. The van der Waals surface area contributed by atoms with Gasteiger partial charge in [-0.3, -0.25) is 0 Å². The Balaban J connectivity index is 1.78. The summed E-state index contributed by atoms with van der Waals surface area (Å²) >= 11 is 0. The molecule has 0 atom stereocenters. The summed E-state index contributed by atoms with van der Waals surface area (Å²) in [7, 11) is 0. The molecule has 0 aliphatic heterocycles. The van der Waals surface area contributed by atoms with E-state index < -0.39 is 5.97 Å². The van der Waals surface area contributed by atoms with Crippen LogP contribution in [0.2, 0.25) is 0 Å². The van der Waals surface area contributed by atoms with Crippen molar-refractivity contribution in [3.8, 4) is 17.2 Å². The van der Waals surface area contributed by atoms with Crippen molar-refractivity contribution in [1.82, 2.24) is 9.55 Å². The summed E-state index contributed by atoms with van der Waals surface area (Å²) in [5.74, 6) is 0.433. The molecule has 0 saturated carbocycles. The number of carbonyl (C=O) groups is 1. The number of aromatic nitrogens is 2. The lowest BCUT2D eigenvalue weighted by molar-refractivity contribution is 0.0691. The highest BCUT2D eigenvalue weighted by molar-refractivity contribution is 5.85. The van der Waals surface area contributed by atoms with E-state index in [9.17, 15) is 4.79 Å². The second-order valence-electron chi connectivity index (χ2n) is 4.38. The Hall–Kier alpha value is -3.08. The van der Waals surface area contributed by atoms with Crippen molar-refractivity contribution < 1.29 is 14.6 Å². The highest BCUT2D eigenvalue weighted by Crippen LogP contribution is 2.22. The largest absolute Gasteiger partial charge is 0.476 e. The van der Waals surface area contributed by atoms with Gasteiger partial charge in [0, 0.05) is 11.9 Å². The van der Waals surface area contributed by atoms with Crippen LogP contribution in [-0.4, -0.2) is 20.6 Å². The number of carboxylic acids is 1. The summed E-state index contributed by atoms with van der Waals surface area (Å²) in [6.07, 6.45) is 2.94. The third-order valence-corrected chi connectivity index (χ3v) is 2.92. The summed E-state index contributed by atoms with van der Waals surface area (Å²) in [6, 6.07) is 16.8. The van der Waals surface area contributed by atoms with Crippen LogP contribution in [0.5, 0.6) is 11.5 Å². The van der Waals surface area contributed by atoms with Gasteiger partial charge in [0.25, 0.3) is 0 Å². The van der Waals surface area contributed by atoms with Gasteiger partial charge in [0.15, 0.2) is 5.69 Å². The summed E-state index contributed by atoms with van der Waals surface area (Å²) in [4.78, 5) is 14.6. The van der Waals surface area contributed by atoms with Gasteiger partial charge in [0.05, 0.1) is 0 Å². The van der Waals surface area contributed by atoms with Crippen LogP contribution in [0.15, 0.2) is 67.1 Å². The quantitative estimate of drug-likeness (QED) is 0.795. The summed E-state index contributed by atoms with van der Waals surface area (Å²) in [5.41, 5.74) is 0.829. The van der Waals surface area contributed by atoms with Crippen molar-refractivity contribution in [2.24, 2.45) is 0 Å². The lowest BCUT2D eigenvalue weighted by Gasteiger charge is -2.07. The van der Waals surface area contributed by atoms with E-state index in [2.05, 4.69) is 4.98 Å². The molecule has 2 aromatic carbocycles. The molecule has 21 heavy (non-hydrogen) atoms. The predicted molar refractivity (Wildman–Crippen MR) is 77.0 cm³/mol. The van der Waals surface area contributed by atoms with Crippen molar-refractivity contribution in [3.05, 3.63) is 72.8 Å². The predicted octanol–water partition coefficient (Wildman–Crippen LogP) is 3.36. The fourth-order valence-corrected chi connectivity index (χ4v) is 1.89. The number of hydrogen-bond donors (Lipinski definition) is 1. The molecule has 0 aliphatic rings. The average Bonchev–Trinajstić information content (AvgIpc) is 2.99. The van der Waals surface area contributed by atoms with E-state index in [4.69, 9.17) is 9.84 Å². The Kier molecular flexibility index (Phi) is 3.39. The first-order valence-corrected chi connectivity index (χ1v) is 6.33. The Labute approximate surface area is 121 Å². The van der Waals surface area contributed by atoms with E-state index in [1.165, 1.54) is 12.5 Å². The number of para-hydroxylation sites is 1. The number of benzene rings is 2. The zero-order chi connectivity index (χ0) is 14.7. The second kappa shape index (κ2) is 5.50. The smallest absolute Gasteiger partial charge is 0.356 e. The van der Waals surface area contributed by atoms with E-state index in [0.29, 0.717) is 5.75 Å². The highest BCUT2D eigenvalue weighted by Gasteiger charge is 2.07. The molecule has 104 valence electrons. The SMILES string of the molecule is O=C(O)c1cn(-c2ccc(Oc3ccccc3)cc2)cn1. The summed E-state index contributed by atoms with van der Waals surface area (Å²) < 4.78 is 7.34. The highest BCUT2D eigenvalue weighted by atomic mass is 16.5. The molecule has 3 rings (SSSR count). The molecule has 1 N–H and O–H groups in total. The number of nitrogens with zero attached hydrogens (tertiary/aromatic N) is 2. The second-order valence-corrected chi connectivity index (χ2v) is 4.38. The van der Waals surface area contributed by atoms with Crippen LogP contribution in [0.3, 0.4) is 0 Å². The number of aromatic carboxylic acids is 1. The molecule has 0 aliphatic carbocycles. The fraction of sp³-hybridized carbons (Fsp3) is 0. The Bertz CT molecular complexity index is 749. The molecule has 1 heterocycles. The third kappa shape index (κ3) is 2.92. The van der Waals surface area contributed by atoms with E-state index in [1.54, 1.807) is 4.57 Å². The fourth-order valence-electron chi connectivity index (χ4n) is 1.89. The molecule has 0 unspecified atom stereocenters. The first-order chi connectivity index (χ1) is 10.2. The molecular weight excluding hydrogens is 268 g/mol. The molecule has 0 bridgehead atoms. The van der Waals surface area contributed by atoms with Crippen LogP contribution < -0.4 is 4.74 Å². The van der Waals surface area contributed by atoms with Gasteiger partial charge in [-0.25, -0.2) is 9.78 Å². The van der Waals surface area contributed by atoms with Crippen molar-refractivity contribution in [2.45, 2.75) is 0 Å². The van der Waals surface area contributed by atoms with Crippen molar-refractivity contribution in [3.63, 3.8) is 0 Å². The van der Waals surface area contributed by atoms with Crippen LogP contribution in [0.4, 0.5) is 0 Å². The zero-order valence-electron chi connectivity index (χ0n) is 11.0. The standard InChI is InChI=1S/C16H12N2O3/c19-16(20)15-10-18(11-17-15)12-6-8-14(9-7-12)21-13-4-2-1-3-5-13/h1-11H,(H,19,20). The van der Waals surface area contributed by atoms with Crippen LogP contribution in [0, 0.1) is 0 Å². The topological polar surface area (TPSA) is 64.3 Å². The van der Waals surface area contributed by atoms with Crippen molar-refractivity contribution in [2.75, 3.05) is 0 Å². The molecule has 3 aromatic rings. The van der Waals surface area contributed by atoms with Crippen LogP contribution >= 0.6 is 0 Å². The molecule has 5 heteroatoms. The maximum atomic E-state index is 10.8. The monoisotopic (exact) mass is 280 g/mol. The Morgan fingerprint density at radius 2 is 1.67 bits per heavy atom. The van der Waals surface area contributed by atoms with E-state index in [0.717, 1.165) is 11.4 Å². The van der Waals surface area contributed by atoms with Gasteiger partial charge in [0.2, 0.25) is 0 Å². The average molecular weight is 280 g/mol. The molecular formula is C16H12N2O3. The van der Waals surface area contributed by atoms with Gasteiger partial charge in [-0.15, -0.1) is 0 Å². The minimum atomic E-state index is -1.04. The minimum Gasteiger partial charge on any atom is -0.476 e. The van der Waals surface area contributed by atoms with Crippen LogP contribution in [0.1, 0.15) is 10.5 Å². The molecule has 0 radical (unpaired) electrons. The Morgan fingerprint density at radius 3 is 2.29 bits per heavy atom. The van der Waals surface area contributed by atoms with Gasteiger partial charge in [-0.2, -0.15) is 0 Å². The van der Waals surface area contributed by atoms with Gasteiger partial charge in [-0.1, -0.05) is 18.2 Å². The first-order valence-electron chi connectivity index (χ1n) is 6.33. The van der Waals surface area contributed by atoms with E-state index >= 15 is 0 Å². The molecule has 0 spiro atoms. The van der Waals surface area contributed by atoms with Gasteiger partial charge in [-0.05, 0) is 36.4 Å².